The highest BCUT2D eigenvalue weighted by atomic mass is 35.5. The van der Waals surface area contributed by atoms with Gasteiger partial charge in [0.15, 0.2) is 0 Å². The van der Waals surface area contributed by atoms with Crippen LogP contribution < -0.4 is 10.7 Å². The fourth-order valence-corrected chi connectivity index (χ4v) is 3.64. The van der Waals surface area contributed by atoms with Crippen molar-refractivity contribution in [3.63, 3.8) is 0 Å². The Morgan fingerprint density at radius 1 is 1.09 bits per heavy atom. The number of aryl methyl sites for hydroxylation is 1. The van der Waals surface area contributed by atoms with E-state index in [-0.39, 0.29) is 24.1 Å². The quantitative estimate of drug-likeness (QED) is 0.395. The summed E-state index contributed by atoms with van der Waals surface area (Å²) >= 11 is 5.92. The van der Waals surface area contributed by atoms with Crippen LogP contribution in [-0.2, 0) is 29.0 Å². The first-order chi connectivity index (χ1) is 16.0. The van der Waals surface area contributed by atoms with Crippen LogP contribution in [0.4, 0.5) is 0 Å². The second-order valence-electron chi connectivity index (χ2n) is 7.66. The Balaban J connectivity index is 1.88. The highest BCUT2D eigenvalue weighted by Gasteiger charge is 2.16. The van der Waals surface area contributed by atoms with Crippen LogP contribution in [0.5, 0.6) is 0 Å². The van der Waals surface area contributed by atoms with E-state index in [1.807, 2.05) is 34.9 Å². The van der Waals surface area contributed by atoms with E-state index in [2.05, 4.69) is 5.32 Å². The molecule has 0 aliphatic carbocycles. The van der Waals surface area contributed by atoms with Crippen LogP contribution in [0.1, 0.15) is 27.9 Å². The largest absolute Gasteiger partial charge is 0.396 e. The fourth-order valence-electron chi connectivity index (χ4n) is 3.52. The van der Waals surface area contributed by atoms with Crippen molar-refractivity contribution in [2.75, 3.05) is 33.5 Å². The molecule has 1 aromatic heterocycles. The van der Waals surface area contributed by atoms with E-state index in [1.54, 1.807) is 25.4 Å². The number of hydrogen-bond donors (Lipinski definition) is 2. The highest BCUT2D eigenvalue weighted by molar-refractivity contribution is 6.30. The molecule has 0 saturated heterocycles. The van der Waals surface area contributed by atoms with Crippen molar-refractivity contribution < 1.29 is 19.4 Å². The van der Waals surface area contributed by atoms with E-state index in [1.165, 1.54) is 0 Å². The van der Waals surface area contributed by atoms with Crippen molar-refractivity contribution in [3.05, 3.63) is 80.6 Å². The lowest BCUT2D eigenvalue weighted by Crippen LogP contribution is -2.30. The number of methoxy groups -OCH3 is 1. The van der Waals surface area contributed by atoms with Gasteiger partial charge in [-0.2, -0.15) is 0 Å². The molecule has 8 heteroatoms. The van der Waals surface area contributed by atoms with Crippen LogP contribution in [-0.4, -0.2) is 49.1 Å². The van der Waals surface area contributed by atoms with Gasteiger partial charge in [0.25, 0.3) is 5.91 Å². The zero-order valence-electron chi connectivity index (χ0n) is 18.7. The maximum absolute atomic E-state index is 13.2. The zero-order chi connectivity index (χ0) is 23.6. The number of ether oxygens (including phenoxy) is 2. The minimum Gasteiger partial charge on any atom is -0.396 e. The number of amides is 1. The molecule has 0 aliphatic rings. The third-order valence-corrected chi connectivity index (χ3v) is 5.54. The van der Waals surface area contributed by atoms with Gasteiger partial charge in [-0.1, -0.05) is 29.8 Å². The van der Waals surface area contributed by atoms with Crippen LogP contribution in [0, 0.1) is 0 Å². The highest BCUT2D eigenvalue weighted by Crippen LogP contribution is 2.16. The Bertz CT molecular complexity index is 1130. The number of carbonyl (C=O) groups is 1. The molecule has 0 fully saturated rings. The molecule has 0 spiro atoms. The molecule has 2 aromatic carbocycles. The minimum absolute atomic E-state index is 0.0765. The van der Waals surface area contributed by atoms with E-state index in [9.17, 15) is 9.59 Å². The fraction of sp³-hybridized carbons (Fsp3) is 0.360. The number of rotatable bonds is 12. The minimum atomic E-state index is -0.438. The molecule has 7 nitrogen and oxygen atoms in total. The van der Waals surface area contributed by atoms with Gasteiger partial charge in [-0.15, -0.1) is 0 Å². The number of aliphatic hydroxyl groups is 1. The van der Waals surface area contributed by atoms with Gasteiger partial charge in [0.1, 0.15) is 5.56 Å². The molecule has 1 amide bonds. The summed E-state index contributed by atoms with van der Waals surface area (Å²) in [7, 11) is 1.61. The van der Waals surface area contributed by atoms with Crippen LogP contribution in [0.3, 0.4) is 0 Å². The van der Waals surface area contributed by atoms with Gasteiger partial charge in [0.2, 0.25) is 5.43 Å². The number of halogens is 1. The van der Waals surface area contributed by atoms with Gasteiger partial charge >= 0.3 is 0 Å². The number of aromatic nitrogens is 1. The molecular formula is C25H29ClN2O5. The van der Waals surface area contributed by atoms with Crippen molar-refractivity contribution >= 4 is 28.4 Å². The van der Waals surface area contributed by atoms with Crippen molar-refractivity contribution in [2.24, 2.45) is 0 Å². The van der Waals surface area contributed by atoms with E-state index in [4.69, 9.17) is 26.2 Å². The number of aliphatic hydroxyl groups excluding tert-OH is 1. The lowest BCUT2D eigenvalue weighted by Gasteiger charge is -2.15. The third-order valence-electron chi connectivity index (χ3n) is 5.29. The SMILES string of the molecule is COCCOCCn1cc(C(=O)NCc2ccc(Cl)cc2)c(=O)c2cc(CCCO)ccc21. The average molecular weight is 473 g/mol. The molecule has 0 atom stereocenters. The van der Waals surface area contributed by atoms with Gasteiger partial charge in [-0.3, -0.25) is 9.59 Å². The smallest absolute Gasteiger partial charge is 0.257 e. The average Bonchev–Trinajstić information content (AvgIpc) is 2.83. The standard InChI is InChI=1S/C25H29ClN2O5/c1-32-13-14-33-12-10-28-17-22(25(31)27-16-19-4-7-20(26)8-5-19)24(30)21-15-18(3-2-11-29)6-9-23(21)28/h4-9,15,17,29H,2-3,10-14,16H2,1H3,(H,27,31). The molecule has 3 aromatic rings. The molecular weight excluding hydrogens is 444 g/mol. The Morgan fingerprint density at radius 3 is 2.58 bits per heavy atom. The Hall–Kier alpha value is -2.71. The van der Waals surface area contributed by atoms with E-state index in [0.29, 0.717) is 49.6 Å². The topological polar surface area (TPSA) is 89.8 Å². The summed E-state index contributed by atoms with van der Waals surface area (Å²) in [6, 6.07) is 12.8. The first-order valence-electron chi connectivity index (χ1n) is 10.9. The third kappa shape index (κ3) is 6.88. The molecule has 33 heavy (non-hydrogen) atoms. The predicted molar refractivity (Wildman–Crippen MR) is 129 cm³/mol. The summed E-state index contributed by atoms with van der Waals surface area (Å²) in [6.45, 7) is 2.22. The Labute approximate surface area is 197 Å². The number of hydrogen-bond acceptors (Lipinski definition) is 5. The first-order valence-corrected chi connectivity index (χ1v) is 11.3. The number of pyridine rings is 1. The summed E-state index contributed by atoms with van der Waals surface area (Å²) < 4.78 is 12.5. The predicted octanol–water partition coefficient (Wildman–Crippen LogP) is 3.17. The van der Waals surface area contributed by atoms with Gasteiger partial charge in [-0.05, 0) is 48.2 Å². The van der Waals surface area contributed by atoms with Gasteiger partial charge in [0.05, 0.1) is 25.3 Å². The number of fused-ring (bicyclic) bond motifs is 1. The summed E-state index contributed by atoms with van der Waals surface area (Å²) in [5, 5.41) is 13.0. The van der Waals surface area contributed by atoms with Crippen LogP contribution >= 0.6 is 11.6 Å². The molecule has 0 radical (unpaired) electrons. The van der Waals surface area contributed by atoms with Gasteiger partial charge < -0.3 is 24.5 Å². The number of nitrogens with zero attached hydrogens (tertiary/aromatic N) is 1. The number of nitrogens with one attached hydrogen (secondary N) is 1. The molecule has 1 heterocycles. The molecule has 0 unspecified atom stereocenters. The second-order valence-corrected chi connectivity index (χ2v) is 8.09. The summed E-state index contributed by atoms with van der Waals surface area (Å²) in [4.78, 5) is 26.2. The lowest BCUT2D eigenvalue weighted by atomic mass is 10.0. The maximum Gasteiger partial charge on any atom is 0.257 e. The second kappa shape index (κ2) is 12.5. The first kappa shape index (κ1) is 24.9. The maximum atomic E-state index is 13.2. The van der Waals surface area contributed by atoms with E-state index < -0.39 is 5.91 Å². The molecule has 0 aliphatic heterocycles. The van der Waals surface area contributed by atoms with Crippen molar-refractivity contribution in [2.45, 2.75) is 25.9 Å². The van der Waals surface area contributed by atoms with Crippen molar-refractivity contribution in [3.8, 4) is 0 Å². The number of benzene rings is 2. The van der Waals surface area contributed by atoms with E-state index in [0.717, 1.165) is 16.6 Å². The lowest BCUT2D eigenvalue weighted by molar-refractivity contribution is 0.0669. The van der Waals surface area contributed by atoms with Crippen LogP contribution in [0.15, 0.2) is 53.5 Å². The molecule has 176 valence electrons. The van der Waals surface area contributed by atoms with Crippen LogP contribution in [0.2, 0.25) is 5.02 Å². The Morgan fingerprint density at radius 2 is 1.85 bits per heavy atom. The van der Waals surface area contributed by atoms with Gasteiger partial charge in [-0.25, -0.2) is 0 Å². The Kier molecular flexibility index (Phi) is 9.45. The van der Waals surface area contributed by atoms with E-state index >= 15 is 0 Å². The monoisotopic (exact) mass is 472 g/mol. The summed E-state index contributed by atoms with van der Waals surface area (Å²) in [5.41, 5.74) is 2.31. The molecule has 0 bridgehead atoms. The van der Waals surface area contributed by atoms with Crippen LogP contribution in [0.25, 0.3) is 10.9 Å². The molecule has 0 saturated carbocycles. The molecule has 3 rings (SSSR count). The molecule has 2 N–H and O–H groups in total. The normalized spacial score (nSPS) is 11.1. The summed E-state index contributed by atoms with van der Waals surface area (Å²) in [6.07, 6.45) is 2.85. The summed E-state index contributed by atoms with van der Waals surface area (Å²) in [5.74, 6) is -0.438. The number of carbonyl (C=O) groups excluding carboxylic acids is 1. The van der Waals surface area contributed by atoms with Crippen molar-refractivity contribution in [1.29, 1.82) is 0 Å². The van der Waals surface area contributed by atoms with Gasteiger partial charge in [0, 0.05) is 43.4 Å². The van der Waals surface area contributed by atoms with Crippen molar-refractivity contribution in [1.82, 2.24) is 9.88 Å². The zero-order valence-corrected chi connectivity index (χ0v) is 19.4.